The number of carbonyl (C=O) groups excluding carboxylic acids is 1. The van der Waals surface area contributed by atoms with Crippen LogP contribution in [0.1, 0.15) is 33.6 Å². The van der Waals surface area contributed by atoms with E-state index in [0.29, 0.717) is 0 Å². The molecule has 0 aliphatic carbocycles. The molecule has 0 radical (unpaired) electrons. The van der Waals surface area contributed by atoms with Gasteiger partial charge < -0.3 is 21.5 Å². The Hall–Kier alpha value is -0.810. The van der Waals surface area contributed by atoms with Crippen molar-refractivity contribution in [2.24, 2.45) is 0 Å². The summed E-state index contributed by atoms with van der Waals surface area (Å²) >= 11 is 0. The highest BCUT2D eigenvalue weighted by molar-refractivity contribution is 5.68. The molecule has 1 saturated heterocycles. The Morgan fingerprint density at radius 3 is 2.33 bits per heavy atom. The van der Waals surface area contributed by atoms with Crippen LogP contribution in [0.15, 0.2) is 0 Å². The van der Waals surface area contributed by atoms with Crippen LogP contribution in [0, 0.1) is 0 Å². The van der Waals surface area contributed by atoms with Crippen LogP contribution in [0.25, 0.3) is 0 Å². The summed E-state index contributed by atoms with van der Waals surface area (Å²) in [7, 11) is 0. The zero-order valence-electron chi connectivity index (χ0n) is 9.93. The van der Waals surface area contributed by atoms with E-state index < -0.39 is 5.60 Å². The molecular weight excluding hydrogens is 194 g/mol. The summed E-state index contributed by atoms with van der Waals surface area (Å²) < 4.78 is 5.17. The van der Waals surface area contributed by atoms with Gasteiger partial charge in [-0.3, -0.25) is 0 Å². The van der Waals surface area contributed by atoms with Gasteiger partial charge in [0, 0.05) is 6.04 Å². The molecule has 0 atom stereocenters. The number of alkyl carbamates (subject to hydrolysis) is 1. The van der Waals surface area contributed by atoms with Crippen molar-refractivity contribution in [1.82, 2.24) is 16.8 Å². The molecule has 15 heavy (non-hydrogen) atoms. The third-order valence-electron chi connectivity index (χ3n) is 2.06. The first kappa shape index (κ1) is 14.2. The lowest BCUT2D eigenvalue weighted by Crippen LogP contribution is -2.44. The second kappa shape index (κ2) is 5.92. The molecular formula is C10H23N3O2. The number of piperidine rings is 1. The SMILES string of the molecule is CC(C)(C)OC(=O)NC1CCNCC1.N. The molecule has 1 heterocycles. The summed E-state index contributed by atoms with van der Waals surface area (Å²) in [6.45, 7) is 7.56. The van der Waals surface area contributed by atoms with E-state index in [-0.39, 0.29) is 18.3 Å². The van der Waals surface area contributed by atoms with Crippen LogP contribution in [0.4, 0.5) is 4.79 Å². The van der Waals surface area contributed by atoms with Gasteiger partial charge in [-0.2, -0.15) is 0 Å². The monoisotopic (exact) mass is 217 g/mol. The molecule has 90 valence electrons. The number of amides is 1. The van der Waals surface area contributed by atoms with Gasteiger partial charge in [-0.05, 0) is 46.7 Å². The summed E-state index contributed by atoms with van der Waals surface area (Å²) in [4.78, 5) is 11.4. The second-order valence-electron chi connectivity index (χ2n) is 4.67. The van der Waals surface area contributed by atoms with E-state index in [9.17, 15) is 4.79 Å². The van der Waals surface area contributed by atoms with Crippen molar-refractivity contribution >= 4 is 6.09 Å². The zero-order valence-corrected chi connectivity index (χ0v) is 9.93. The minimum Gasteiger partial charge on any atom is -0.444 e. The van der Waals surface area contributed by atoms with Gasteiger partial charge in [-0.15, -0.1) is 0 Å². The van der Waals surface area contributed by atoms with Crippen molar-refractivity contribution in [2.45, 2.75) is 45.3 Å². The van der Waals surface area contributed by atoms with Crippen LogP contribution in [0.2, 0.25) is 0 Å². The van der Waals surface area contributed by atoms with Crippen LogP contribution in [-0.2, 0) is 4.74 Å². The van der Waals surface area contributed by atoms with Gasteiger partial charge >= 0.3 is 6.09 Å². The smallest absolute Gasteiger partial charge is 0.407 e. The van der Waals surface area contributed by atoms with E-state index in [1.165, 1.54) is 0 Å². The lowest BCUT2D eigenvalue weighted by Gasteiger charge is -2.26. The normalized spacial score (nSPS) is 17.8. The van der Waals surface area contributed by atoms with E-state index >= 15 is 0 Å². The largest absolute Gasteiger partial charge is 0.444 e. The Labute approximate surface area is 91.5 Å². The van der Waals surface area contributed by atoms with Crippen LogP contribution < -0.4 is 16.8 Å². The summed E-state index contributed by atoms with van der Waals surface area (Å²) in [5.41, 5.74) is -0.406. The maximum atomic E-state index is 11.4. The summed E-state index contributed by atoms with van der Waals surface area (Å²) in [5.74, 6) is 0. The summed E-state index contributed by atoms with van der Waals surface area (Å²) in [5, 5.41) is 6.12. The number of nitrogens with one attached hydrogen (secondary N) is 2. The topological polar surface area (TPSA) is 85.4 Å². The molecule has 1 amide bonds. The molecule has 0 aromatic carbocycles. The molecule has 1 fully saturated rings. The second-order valence-corrected chi connectivity index (χ2v) is 4.67. The third kappa shape index (κ3) is 6.30. The average Bonchev–Trinajstić information content (AvgIpc) is 2.02. The van der Waals surface area contributed by atoms with Crippen molar-refractivity contribution in [2.75, 3.05) is 13.1 Å². The number of hydrogen-bond acceptors (Lipinski definition) is 4. The fourth-order valence-electron chi connectivity index (χ4n) is 1.44. The fourth-order valence-corrected chi connectivity index (χ4v) is 1.44. The maximum absolute atomic E-state index is 11.4. The van der Waals surface area contributed by atoms with E-state index in [4.69, 9.17) is 4.74 Å². The molecule has 1 aliphatic rings. The molecule has 0 aromatic rings. The van der Waals surface area contributed by atoms with Gasteiger partial charge in [0.25, 0.3) is 0 Å². The van der Waals surface area contributed by atoms with Gasteiger partial charge in [-0.25, -0.2) is 4.79 Å². The minimum absolute atomic E-state index is 0. The maximum Gasteiger partial charge on any atom is 0.407 e. The molecule has 1 aliphatic heterocycles. The summed E-state index contributed by atoms with van der Waals surface area (Å²) in [6, 6.07) is 0.270. The van der Waals surface area contributed by atoms with Crippen molar-refractivity contribution in [1.29, 1.82) is 0 Å². The predicted octanol–water partition coefficient (Wildman–Crippen LogP) is 1.43. The average molecular weight is 217 g/mol. The first-order chi connectivity index (χ1) is 6.47. The number of ether oxygens (including phenoxy) is 1. The molecule has 1 rings (SSSR count). The Morgan fingerprint density at radius 1 is 1.33 bits per heavy atom. The Morgan fingerprint density at radius 2 is 1.87 bits per heavy atom. The van der Waals surface area contributed by atoms with Gasteiger partial charge in [-0.1, -0.05) is 0 Å². The third-order valence-corrected chi connectivity index (χ3v) is 2.06. The number of hydrogen-bond donors (Lipinski definition) is 3. The van der Waals surface area contributed by atoms with Crippen molar-refractivity contribution in [3.05, 3.63) is 0 Å². The standard InChI is InChI=1S/C10H20N2O2.H3N/c1-10(2,3)14-9(13)12-8-4-6-11-7-5-8;/h8,11H,4-7H2,1-3H3,(H,12,13);1H3. The molecule has 5 N–H and O–H groups in total. The summed E-state index contributed by atoms with van der Waals surface area (Å²) in [6.07, 6.45) is 1.67. The zero-order chi connectivity index (χ0) is 10.6. The van der Waals surface area contributed by atoms with Crippen LogP contribution in [-0.4, -0.2) is 30.8 Å². The van der Waals surface area contributed by atoms with Crippen molar-refractivity contribution in [3.63, 3.8) is 0 Å². The van der Waals surface area contributed by atoms with E-state index in [1.54, 1.807) is 0 Å². The van der Waals surface area contributed by atoms with Crippen molar-refractivity contribution in [3.8, 4) is 0 Å². The first-order valence-corrected chi connectivity index (χ1v) is 5.17. The number of carbonyl (C=O) groups is 1. The molecule has 0 bridgehead atoms. The van der Waals surface area contributed by atoms with Crippen molar-refractivity contribution < 1.29 is 9.53 Å². The minimum atomic E-state index is -0.406. The van der Waals surface area contributed by atoms with Gasteiger partial charge in [0.2, 0.25) is 0 Å². The Bertz CT molecular complexity index is 195. The predicted molar refractivity (Wildman–Crippen MR) is 60.3 cm³/mol. The highest BCUT2D eigenvalue weighted by Gasteiger charge is 2.20. The van der Waals surface area contributed by atoms with Crippen LogP contribution in [0.3, 0.4) is 0 Å². The molecule has 5 nitrogen and oxygen atoms in total. The van der Waals surface area contributed by atoms with Gasteiger partial charge in [0.15, 0.2) is 0 Å². The fraction of sp³-hybridized carbons (Fsp3) is 0.900. The van der Waals surface area contributed by atoms with Crippen LogP contribution >= 0.6 is 0 Å². The molecule has 0 saturated carbocycles. The lowest BCUT2D eigenvalue weighted by atomic mass is 10.1. The molecule has 0 unspecified atom stereocenters. The van der Waals surface area contributed by atoms with Crippen LogP contribution in [0.5, 0.6) is 0 Å². The van der Waals surface area contributed by atoms with E-state index in [1.807, 2.05) is 20.8 Å². The van der Waals surface area contributed by atoms with Gasteiger partial charge in [0.05, 0.1) is 0 Å². The van der Waals surface area contributed by atoms with Gasteiger partial charge in [0.1, 0.15) is 5.60 Å². The lowest BCUT2D eigenvalue weighted by molar-refractivity contribution is 0.0495. The Kier molecular flexibility index (Phi) is 5.60. The molecule has 0 spiro atoms. The quantitative estimate of drug-likeness (QED) is 0.620. The number of rotatable bonds is 1. The highest BCUT2D eigenvalue weighted by Crippen LogP contribution is 2.08. The molecule has 5 heteroatoms. The van der Waals surface area contributed by atoms with E-state index in [2.05, 4.69) is 10.6 Å². The Balaban J connectivity index is 0.00000196. The molecule has 0 aromatic heterocycles. The highest BCUT2D eigenvalue weighted by atomic mass is 16.6. The van der Waals surface area contributed by atoms with E-state index in [0.717, 1.165) is 25.9 Å². The first-order valence-electron chi connectivity index (χ1n) is 5.17.